The molecule has 0 amide bonds. The molecule has 0 heterocycles. The lowest BCUT2D eigenvalue weighted by Crippen LogP contribution is -2.18. The number of nitrogens with two attached hydrogens (primary N) is 1. The molecule has 0 aliphatic heterocycles. The molecule has 0 saturated carbocycles. The van der Waals surface area contributed by atoms with E-state index in [4.69, 9.17) is 5.73 Å². The lowest BCUT2D eigenvalue weighted by atomic mass is 9.72. The summed E-state index contributed by atoms with van der Waals surface area (Å²) in [6.07, 6.45) is 10.6. The van der Waals surface area contributed by atoms with Gasteiger partial charge in [-0.25, -0.2) is 0 Å². The van der Waals surface area contributed by atoms with Gasteiger partial charge in [0.2, 0.25) is 0 Å². The molecule has 1 aromatic rings. The third-order valence-electron chi connectivity index (χ3n) is 5.01. The van der Waals surface area contributed by atoms with Crippen molar-refractivity contribution in [1.82, 2.24) is 0 Å². The number of hydrogen-bond acceptors (Lipinski definition) is 1. The van der Waals surface area contributed by atoms with Crippen LogP contribution in [0.15, 0.2) is 35.4 Å². The van der Waals surface area contributed by atoms with Crippen molar-refractivity contribution in [2.75, 3.05) is 6.54 Å². The molecule has 0 atom stereocenters. The molecule has 120 valence electrons. The summed E-state index contributed by atoms with van der Waals surface area (Å²) in [4.78, 5) is 0. The van der Waals surface area contributed by atoms with E-state index in [1.165, 1.54) is 41.5 Å². The van der Waals surface area contributed by atoms with Crippen molar-refractivity contribution < 1.29 is 0 Å². The predicted octanol–water partition coefficient (Wildman–Crippen LogP) is 5.43. The first-order chi connectivity index (χ1) is 10.4. The molecule has 0 fully saturated rings. The lowest BCUT2D eigenvalue weighted by Gasteiger charge is -2.32. The standard InChI is InChI=1S/C21H31N/c1-16-9-10-18(15-19(16)8-6-14-22)11-12-20-17(2)7-5-13-21(20,3)4/h9-12,15H,5-8,13-14,22H2,1-4H3. The number of aryl methyl sites for hydroxylation is 2. The molecule has 1 aliphatic carbocycles. The van der Waals surface area contributed by atoms with E-state index >= 15 is 0 Å². The summed E-state index contributed by atoms with van der Waals surface area (Å²) >= 11 is 0. The molecule has 1 aliphatic rings. The van der Waals surface area contributed by atoms with Gasteiger partial charge in [0, 0.05) is 0 Å². The van der Waals surface area contributed by atoms with Crippen molar-refractivity contribution in [1.29, 1.82) is 0 Å². The molecule has 1 nitrogen and oxygen atoms in total. The molecule has 1 aromatic carbocycles. The first kappa shape index (κ1) is 17.0. The molecule has 0 aromatic heterocycles. The quantitative estimate of drug-likeness (QED) is 0.771. The van der Waals surface area contributed by atoms with Crippen molar-refractivity contribution in [3.63, 3.8) is 0 Å². The fraction of sp³-hybridized carbons (Fsp3) is 0.524. The number of allylic oxidation sites excluding steroid dienone is 3. The Labute approximate surface area is 136 Å². The van der Waals surface area contributed by atoms with Gasteiger partial charge in [0.05, 0.1) is 0 Å². The van der Waals surface area contributed by atoms with Gasteiger partial charge in [-0.3, -0.25) is 0 Å². The van der Waals surface area contributed by atoms with Crippen molar-refractivity contribution in [2.24, 2.45) is 11.1 Å². The Balaban J connectivity index is 2.23. The molecule has 0 saturated heterocycles. The normalized spacial score (nSPS) is 18.2. The maximum atomic E-state index is 5.65. The zero-order chi connectivity index (χ0) is 16.2. The second-order valence-corrected chi connectivity index (χ2v) is 7.34. The summed E-state index contributed by atoms with van der Waals surface area (Å²) in [6.45, 7) is 9.99. The Hall–Kier alpha value is -1.34. The van der Waals surface area contributed by atoms with Crippen LogP contribution in [-0.4, -0.2) is 6.54 Å². The highest BCUT2D eigenvalue weighted by molar-refractivity contribution is 5.56. The molecule has 2 rings (SSSR count). The average molecular weight is 297 g/mol. The maximum absolute atomic E-state index is 5.65. The average Bonchev–Trinajstić information content (AvgIpc) is 2.46. The van der Waals surface area contributed by atoms with Crippen LogP contribution in [0.2, 0.25) is 0 Å². The van der Waals surface area contributed by atoms with E-state index in [9.17, 15) is 0 Å². The summed E-state index contributed by atoms with van der Waals surface area (Å²) in [5.74, 6) is 0. The molecule has 0 spiro atoms. The molecule has 2 N–H and O–H groups in total. The smallest absolute Gasteiger partial charge is 0.00741 e. The number of rotatable bonds is 5. The van der Waals surface area contributed by atoms with Crippen LogP contribution in [0, 0.1) is 12.3 Å². The number of hydrogen-bond donors (Lipinski definition) is 1. The summed E-state index contributed by atoms with van der Waals surface area (Å²) in [6, 6.07) is 6.79. The molecule has 0 unspecified atom stereocenters. The van der Waals surface area contributed by atoms with Crippen molar-refractivity contribution >= 4 is 6.08 Å². The van der Waals surface area contributed by atoms with Crippen LogP contribution in [-0.2, 0) is 6.42 Å². The Morgan fingerprint density at radius 1 is 1.18 bits per heavy atom. The molecular formula is C21H31N. The summed E-state index contributed by atoms with van der Waals surface area (Å²) < 4.78 is 0. The van der Waals surface area contributed by atoms with Gasteiger partial charge in [0.25, 0.3) is 0 Å². The van der Waals surface area contributed by atoms with Gasteiger partial charge in [-0.1, -0.05) is 49.8 Å². The second kappa shape index (κ2) is 7.28. The fourth-order valence-corrected chi connectivity index (χ4v) is 3.55. The first-order valence-electron chi connectivity index (χ1n) is 8.62. The highest BCUT2D eigenvalue weighted by Gasteiger charge is 2.26. The molecule has 0 bridgehead atoms. The lowest BCUT2D eigenvalue weighted by molar-refractivity contribution is 0.377. The largest absolute Gasteiger partial charge is 0.330 e. The maximum Gasteiger partial charge on any atom is -0.00741 e. The minimum absolute atomic E-state index is 0.311. The minimum Gasteiger partial charge on any atom is -0.330 e. The Morgan fingerprint density at radius 2 is 1.95 bits per heavy atom. The van der Waals surface area contributed by atoms with Gasteiger partial charge in [-0.15, -0.1) is 0 Å². The van der Waals surface area contributed by atoms with Gasteiger partial charge in [0.1, 0.15) is 0 Å². The van der Waals surface area contributed by atoms with Gasteiger partial charge in [-0.2, -0.15) is 0 Å². The van der Waals surface area contributed by atoms with E-state index < -0.39 is 0 Å². The third-order valence-corrected chi connectivity index (χ3v) is 5.01. The summed E-state index contributed by atoms with van der Waals surface area (Å²) in [5, 5.41) is 0. The van der Waals surface area contributed by atoms with E-state index in [2.05, 4.69) is 58.0 Å². The summed E-state index contributed by atoms with van der Waals surface area (Å²) in [5.41, 5.74) is 13.2. The monoisotopic (exact) mass is 297 g/mol. The predicted molar refractivity (Wildman–Crippen MR) is 97.9 cm³/mol. The molecular weight excluding hydrogens is 266 g/mol. The van der Waals surface area contributed by atoms with Crippen molar-refractivity contribution in [2.45, 2.75) is 59.8 Å². The second-order valence-electron chi connectivity index (χ2n) is 7.34. The van der Waals surface area contributed by atoms with Crippen LogP contribution in [0.25, 0.3) is 6.08 Å². The van der Waals surface area contributed by atoms with Gasteiger partial charge in [-0.05, 0) is 80.2 Å². The Morgan fingerprint density at radius 3 is 2.64 bits per heavy atom. The molecule has 1 heteroatoms. The topological polar surface area (TPSA) is 26.0 Å². The van der Waals surface area contributed by atoms with Crippen molar-refractivity contribution in [3.8, 4) is 0 Å². The van der Waals surface area contributed by atoms with Crippen LogP contribution >= 0.6 is 0 Å². The van der Waals surface area contributed by atoms with Crippen LogP contribution in [0.1, 0.15) is 63.1 Å². The van der Waals surface area contributed by atoms with Crippen LogP contribution in [0.5, 0.6) is 0 Å². The van der Waals surface area contributed by atoms with Crippen LogP contribution in [0.3, 0.4) is 0 Å². The zero-order valence-corrected chi connectivity index (χ0v) is 14.7. The van der Waals surface area contributed by atoms with E-state index in [1.807, 2.05) is 0 Å². The highest BCUT2D eigenvalue weighted by Crippen LogP contribution is 2.40. The SMILES string of the molecule is CC1=C(C=Cc2ccc(C)c(CCCN)c2)C(C)(C)CCC1. The Kier molecular flexibility index (Phi) is 5.63. The van der Waals surface area contributed by atoms with E-state index in [1.54, 1.807) is 5.57 Å². The van der Waals surface area contributed by atoms with E-state index in [-0.39, 0.29) is 0 Å². The fourth-order valence-electron chi connectivity index (χ4n) is 3.55. The van der Waals surface area contributed by atoms with Gasteiger partial charge < -0.3 is 5.73 Å². The molecule has 22 heavy (non-hydrogen) atoms. The van der Waals surface area contributed by atoms with E-state index in [0.29, 0.717) is 5.41 Å². The highest BCUT2D eigenvalue weighted by atomic mass is 14.5. The van der Waals surface area contributed by atoms with Crippen LogP contribution in [0.4, 0.5) is 0 Å². The number of benzene rings is 1. The van der Waals surface area contributed by atoms with Gasteiger partial charge in [0.15, 0.2) is 0 Å². The van der Waals surface area contributed by atoms with Crippen molar-refractivity contribution in [3.05, 3.63) is 52.1 Å². The zero-order valence-electron chi connectivity index (χ0n) is 14.7. The first-order valence-corrected chi connectivity index (χ1v) is 8.62. The molecule has 0 radical (unpaired) electrons. The van der Waals surface area contributed by atoms with E-state index in [0.717, 1.165) is 19.4 Å². The summed E-state index contributed by atoms with van der Waals surface area (Å²) in [7, 11) is 0. The van der Waals surface area contributed by atoms with Gasteiger partial charge >= 0.3 is 0 Å². The minimum atomic E-state index is 0.311. The Bertz CT molecular complexity index is 576. The van der Waals surface area contributed by atoms with Crippen LogP contribution < -0.4 is 5.73 Å². The third kappa shape index (κ3) is 4.10.